The first-order chi connectivity index (χ1) is 11.5. The van der Waals surface area contributed by atoms with Crippen molar-refractivity contribution < 1.29 is 19.1 Å². The predicted octanol–water partition coefficient (Wildman–Crippen LogP) is 0.720. The molecule has 1 aromatic rings. The number of carbonyl (C=O) groups excluding carboxylic acids is 1. The van der Waals surface area contributed by atoms with Gasteiger partial charge in [-0.1, -0.05) is 0 Å². The maximum absolute atomic E-state index is 13.1. The smallest absolute Gasteiger partial charge is 0.305 e. The number of piperazine rings is 1. The zero-order valence-corrected chi connectivity index (χ0v) is 13.6. The van der Waals surface area contributed by atoms with E-state index in [-0.39, 0.29) is 30.6 Å². The summed E-state index contributed by atoms with van der Waals surface area (Å²) >= 11 is 0. The second-order valence-electron chi connectivity index (χ2n) is 6.51. The summed E-state index contributed by atoms with van der Waals surface area (Å²) < 4.78 is 13.1. The first kappa shape index (κ1) is 16.9. The van der Waals surface area contributed by atoms with Gasteiger partial charge in [-0.2, -0.15) is 0 Å². The minimum Gasteiger partial charge on any atom is -0.481 e. The summed E-state index contributed by atoms with van der Waals surface area (Å²) in [6, 6.07) is 6.46. The van der Waals surface area contributed by atoms with Crippen LogP contribution in [0.5, 0.6) is 0 Å². The Labute approximate surface area is 140 Å². The highest BCUT2D eigenvalue weighted by atomic mass is 19.1. The van der Waals surface area contributed by atoms with Crippen LogP contribution in [-0.4, -0.2) is 66.6 Å². The number of carboxylic acid groups (broad SMARTS) is 1. The van der Waals surface area contributed by atoms with E-state index in [0.29, 0.717) is 6.04 Å². The lowest BCUT2D eigenvalue weighted by Crippen LogP contribution is -2.50. The Balaban J connectivity index is 1.58. The summed E-state index contributed by atoms with van der Waals surface area (Å²) in [4.78, 5) is 27.5. The molecule has 2 aliphatic rings. The molecule has 0 radical (unpaired) electrons. The van der Waals surface area contributed by atoms with E-state index in [4.69, 9.17) is 5.11 Å². The molecule has 2 unspecified atom stereocenters. The molecular formula is C17H22FN3O3. The Morgan fingerprint density at radius 2 is 2.00 bits per heavy atom. The van der Waals surface area contributed by atoms with Crippen molar-refractivity contribution in [3.8, 4) is 0 Å². The van der Waals surface area contributed by atoms with Gasteiger partial charge < -0.3 is 15.3 Å². The van der Waals surface area contributed by atoms with E-state index in [1.54, 1.807) is 19.2 Å². The molecule has 3 rings (SSSR count). The van der Waals surface area contributed by atoms with Crippen molar-refractivity contribution in [2.75, 3.05) is 31.6 Å². The van der Waals surface area contributed by atoms with E-state index in [0.717, 1.165) is 25.2 Å². The largest absolute Gasteiger partial charge is 0.481 e. The average Bonchev–Trinajstić information content (AvgIpc) is 3.13. The van der Waals surface area contributed by atoms with Crippen LogP contribution in [0.15, 0.2) is 24.3 Å². The van der Waals surface area contributed by atoms with Gasteiger partial charge >= 0.3 is 5.97 Å². The zero-order valence-electron chi connectivity index (χ0n) is 13.6. The first-order valence-electron chi connectivity index (χ1n) is 8.16. The number of rotatable bonds is 7. The molecule has 0 saturated carbocycles. The minimum absolute atomic E-state index is 0.0826. The molecular weight excluding hydrogens is 313 g/mol. The number of likely N-dealkylation sites (N-methyl/N-ethyl adjacent to an activating group) is 1. The predicted molar refractivity (Wildman–Crippen MR) is 87.6 cm³/mol. The Hall–Kier alpha value is -1.99. The van der Waals surface area contributed by atoms with Crippen molar-refractivity contribution >= 4 is 17.4 Å². The maximum atomic E-state index is 13.1. The topological polar surface area (TPSA) is 72.9 Å². The van der Waals surface area contributed by atoms with E-state index >= 15 is 0 Å². The maximum Gasteiger partial charge on any atom is 0.305 e. The van der Waals surface area contributed by atoms with Crippen LogP contribution in [0.25, 0.3) is 0 Å². The zero-order chi connectivity index (χ0) is 17.3. The molecule has 2 N–H and O–H groups in total. The Morgan fingerprint density at radius 1 is 1.29 bits per heavy atom. The second kappa shape index (κ2) is 6.86. The van der Waals surface area contributed by atoms with Crippen LogP contribution in [-0.2, 0) is 9.59 Å². The summed E-state index contributed by atoms with van der Waals surface area (Å²) in [5.74, 6) is -1.30. The third kappa shape index (κ3) is 3.42. The van der Waals surface area contributed by atoms with Crippen LogP contribution in [0.4, 0.5) is 10.1 Å². The molecule has 7 heteroatoms. The number of fused-ring (bicyclic) bond motifs is 2. The molecule has 6 nitrogen and oxygen atoms in total. The van der Waals surface area contributed by atoms with Gasteiger partial charge in [-0.3, -0.25) is 14.5 Å². The van der Waals surface area contributed by atoms with Crippen molar-refractivity contribution in [3.05, 3.63) is 30.1 Å². The van der Waals surface area contributed by atoms with Crippen LogP contribution in [0.2, 0.25) is 0 Å². The van der Waals surface area contributed by atoms with Crippen molar-refractivity contribution in [2.45, 2.75) is 31.0 Å². The number of hydrogen-bond acceptors (Lipinski definition) is 5. The van der Waals surface area contributed by atoms with Gasteiger partial charge in [0.15, 0.2) is 5.78 Å². The fraction of sp³-hybridized carbons (Fsp3) is 0.529. The van der Waals surface area contributed by atoms with E-state index in [1.165, 1.54) is 12.1 Å². The lowest BCUT2D eigenvalue weighted by atomic mass is 10.1. The number of ketones is 1. The van der Waals surface area contributed by atoms with Crippen molar-refractivity contribution in [3.63, 3.8) is 0 Å². The number of nitrogens with zero attached hydrogens (tertiary/aromatic N) is 2. The van der Waals surface area contributed by atoms with Gasteiger partial charge in [0.05, 0.1) is 19.0 Å². The van der Waals surface area contributed by atoms with Crippen molar-refractivity contribution in [1.29, 1.82) is 0 Å². The van der Waals surface area contributed by atoms with Gasteiger partial charge in [0.1, 0.15) is 5.82 Å². The van der Waals surface area contributed by atoms with Crippen LogP contribution >= 0.6 is 0 Å². The van der Waals surface area contributed by atoms with E-state index < -0.39 is 12.0 Å². The van der Waals surface area contributed by atoms with Gasteiger partial charge in [-0.15, -0.1) is 0 Å². The number of carbonyl (C=O) groups is 2. The van der Waals surface area contributed by atoms with Gasteiger partial charge in [0.2, 0.25) is 0 Å². The molecule has 130 valence electrons. The van der Waals surface area contributed by atoms with E-state index in [1.807, 2.05) is 0 Å². The number of halogens is 1. The molecule has 24 heavy (non-hydrogen) atoms. The molecule has 0 aromatic heterocycles. The minimum atomic E-state index is -0.979. The number of Topliss-reactive ketones (excluding diaryl/α,β-unsaturated/α-hetero) is 1. The van der Waals surface area contributed by atoms with E-state index in [2.05, 4.69) is 15.1 Å². The second-order valence-corrected chi connectivity index (χ2v) is 6.51. The summed E-state index contributed by atoms with van der Waals surface area (Å²) in [5.41, 5.74) is 1.01. The first-order valence-corrected chi connectivity index (χ1v) is 8.16. The lowest BCUT2D eigenvalue weighted by molar-refractivity contribution is -0.139. The molecule has 2 bridgehead atoms. The highest BCUT2D eigenvalue weighted by Crippen LogP contribution is 2.34. The molecule has 0 spiro atoms. The third-order valence-corrected chi connectivity index (χ3v) is 4.99. The molecule has 2 aliphatic heterocycles. The molecule has 2 heterocycles. The number of carboxylic acids is 1. The fourth-order valence-electron chi connectivity index (χ4n) is 3.75. The standard InChI is InChI=1S/C17H22FN3O3/c1-19-15(7-17(23)24)16(22)10-20-8-14-6-13(20)9-21(14)12-4-2-11(18)3-5-12/h2-5,13-15,19H,6-10H2,1H3,(H,23,24)/t13?,14?,15-/m0/s1. The highest BCUT2D eigenvalue weighted by Gasteiger charge is 2.44. The van der Waals surface area contributed by atoms with Crippen molar-refractivity contribution in [1.82, 2.24) is 10.2 Å². The Morgan fingerprint density at radius 3 is 2.54 bits per heavy atom. The molecule has 1 aromatic carbocycles. The number of likely N-dealkylation sites (tertiary alicyclic amines) is 1. The van der Waals surface area contributed by atoms with Gasteiger partial charge in [0.25, 0.3) is 0 Å². The molecule has 2 saturated heterocycles. The SMILES string of the molecule is CN[C@@H](CC(=O)O)C(=O)CN1CC2CC1CN2c1ccc(F)cc1. The third-order valence-electron chi connectivity index (χ3n) is 4.99. The quantitative estimate of drug-likeness (QED) is 0.765. The lowest BCUT2D eigenvalue weighted by Gasteiger charge is -2.35. The number of nitrogens with one attached hydrogen (secondary N) is 1. The van der Waals surface area contributed by atoms with Crippen LogP contribution < -0.4 is 10.2 Å². The summed E-state index contributed by atoms with van der Waals surface area (Å²) in [7, 11) is 1.61. The number of aliphatic carboxylic acids is 1. The molecule has 3 atom stereocenters. The normalized spacial score (nSPS) is 24.3. The number of anilines is 1. The average molecular weight is 335 g/mol. The monoisotopic (exact) mass is 335 g/mol. The number of hydrogen-bond donors (Lipinski definition) is 2. The highest BCUT2D eigenvalue weighted by molar-refractivity contribution is 5.89. The van der Waals surface area contributed by atoms with Crippen LogP contribution in [0, 0.1) is 5.82 Å². The summed E-state index contributed by atoms with van der Waals surface area (Å²) in [6.45, 7) is 1.86. The summed E-state index contributed by atoms with van der Waals surface area (Å²) in [5, 5.41) is 11.7. The van der Waals surface area contributed by atoms with Gasteiger partial charge in [0, 0.05) is 30.9 Å². The summed E-state index contributed by atoms with van der Waals surface area (Å²) in [6.07, 6.45) is 0.785. The van der Waals surface area contributed by atoms with Crippen molar-refractivity contribution in [2.24, 2.45) is 0 Å². The van der Waals surface area contributed by atoms with Gasteiger partial charge in [-0.25, -0.2) is 4.39 Å². The number of benzene rings is 1. The Kier molecular flexibility index (Phi) is 4.82. The van der Waals surface area contributed by atoms with E-state index in [9.17, 15) is 14.0 Å². The van der Waals surface area contributed by atoms with Gasteiger partial charge in [-0.05, 0) is 37.7 Å². The van der Waals surface area contributed by atoms with Crippen LogP contribution in [0.3, 0.4) is 0 Å². The Bertz CT molecular complexity index is 622. The molecule has 0 aliphatic carbocycles. The van der Waals surface area contributed by atoms with Crippen LogP contribution in [0.1, 0.15) is 12.8 Å². The molecule has 0 amide bonds. The molecule has 2 fully saturated rings. The fourth-order valence-corrected chi connectivity index (χ4v) is 3.75.